The first-order chi connectivity index (χ1) is 13.2. The summed E-state index contributed by atoms with van der Waals surface area (Å²) >= 11 is 1.81. The summed E-state index contributed by atoms with van der Waals surface area (Å²) in [7, 11) is 1.85. The van der Waals surface area contributed by atoms with Gasteiger partial charge in [-0.1, -0.05) is 33.8 Å². The highest BCUT2D eigenvalue weighted by Crippen LogP contribution is 2.55. The second kappa shape index (κ2) is 7.97. The number of rotatable bonds is 5. The number of carbonyl (C=O) groups is 2. The topological polar surface area (TPSA) is 58.6 Å². The third-order valence-corrected chi connectivity index (χ3v) is 7.65. The van der Waals surface area contributed by atoms with Crippen LogP contribution in [-0.2, 0) is 9.53 Å². The highest BCUT2D eigenvalue weighted by atomic mass is 32.2. The van der Waals surface area contributed by atoms with E-state index in [0.29, 0.717) is 6.54 Å². The molecule has 6 heteroatoms. The van der Waals surface area contributed by atoms with Crippen molar-refractivity contribution in [3.05, 3.63) is 34.6 Å². The molecule has 0 aromatic rings. The number of nitrogens with one attached hydrogen (secondary N) is 1. The maximum Gasteiger partial charge on any atom is 0.407 e. The molecule has 0 spiro atoms. The molecule has 0 unspecified atom stereocenters. The minimum atomic E-state index is -0.334. The molecule has 3 aliphatic rings. The van der Waals surface area contributed by atoms with Gasteiger partial charge in [-0.15, -0.1) is 0 Å². The minimum Gasteiger partial charge on any atom is -0.444 e. The van der Waals surface area contributed by atoms with E-state index >= 15 is 0 Å². The molecule has 1 heterocycles. The number of carbonyl (C=O) groups excluding carboxylic acids is 2. The third kappa shape index (κ3) is 3.40. The fourth-order valence-electron chi connectivity index (χ4n) is 4.55. The number of alkyl carbamates (subject to hydrolysis) is 1. The minimum absolute atomic E-state index is 0.0861. The van der Waals surface area contributed by atoms with E-state index in [4.69, 9.17) is 4.74 Å². The van der Waals surface area contributed by atoms with E-state index in [0.717, 1.165) is 35.4 Å². The van der Waals surface area contributed by atoms with Crippen LogP contribution in [0, 0.1) is 11.3 Å². The van der Waals surface area contributed by atoms with Crippen LogP contribution in [0.1, 0.15) is 47.5 Å². The van der Waals surface area contributed by atoms with Gasteiger partial charge < -0.3 is 15.0 Å². The first-order valence-electron chi connectivity index (χ1n) is 10.2. The summed E-state index contributed by atoms with van der Waals surface area (Å²) in [4.78, 5) is 26.5. The highest BCUT2D eigenvalue weighted by molar-refractivity contribution is 8.00. The van der Waals surface area contributed by atoms with Crippen molar-refractivity contribution < 1.29 is 14.3 Å². The molecule has 4 atom stereocenters. The van der Waals surface area contributed by atoms with Gasteiger partial charge in [0.25, 0.3) is 5.91 Å². The fourth-order valence-corrected chi connectivity index (χ4v) is 5.66. The largest absolute Gasteiger partial charge is 0.444 e. The van der Waals surface area contributed by atoms with E-state index < -0.39 is 0 Å². The number of hydrogen-bond acceptors (Lipinski definition) is 4. The van der Waals surface area contributed by atoms with E-state index in [1.54, 1.807) is 4.90 Å². The van der Waals surface area contributed by atoms with Crippen molar-refractivity contribution in [2.24, 2.45) is 11.3 Å². The number of hydrogen-bond donors (Lipinski definition) is 1. The average molecular weight is 405 g/mol. The summed E-state index contributed by atoms with van der Waals surface area (Å²) < 4.78 is 5.94. The van der Waals surface area contributed by atoms with E-state index in [1.807, 2.05) is 32.7 Å². The van der Waals surface area contributed by atoms with Gasteiger partial charge in [0.15, 0.2) is 0 Å². The Morgan fingerprint density at radius 3 is 2.79 bits per heavy atom. The zero-order valence-electron chi connectivity index (χ0n) is 17.8. The highest BCUT2D eigenvalue weighted by Gasteiger charge is 2.51. The number of ether oxygens (including phenoxy) is 1. The number of nitrogens with zero attached hydrogens (tertiary/aromatic N) is 1. The van der Waals surface area contributed by atoms with Crippen molar-refractivity contribution in [2.45, 2.75) is 58.8 Å². The van der Waals surface area contributed by atoms with Crippen molar-refractivity contribution in [3.8, 4) is 0 Å². The first-order valence-corrected chi connectivity index (χ1v) is 11.3. The van der Waals surface area contributed by atoms with Crippen molar-refractivity contribution in [1.29, 1.82) is 0 Å². The van der Waals surface area contributed by atoms with E-state index in [9.17, 15) is 9.59 Å². The maximum absolute atomic E-state index is 12.5. The molecule has 3 rings (SSSR count). The van der Waals surface area contributed by atoms with Gasteiger partial charge in [-0.3, -0.25) is 4.79 Å². The predicted octanol–water partition coefficient (Wildman–Crippen LogP) is 4.27. The number of amides is 2. The van der Waals surface area contributed by atoms with Gasteiger partial charge in [0.1, 0.15) is 6.10 Å². The Labute approximate surface area is 172 Å². The summed E-state index contributed by atoms with van der Waals surface area (Å²) in [5.74, 6) is 1.18. The smallest absolute Gasteiger partial charge is 0.407 e. The number of allylic oxidation sites excluding steroid dienone is 3. The Hall–Kier alpha value is -1.69. The molecule has 1 N–H and O–H groups in total. The lowest BCUT2D eigenvalue weighted by Crippen LogP contribution is -2.49. The monoisotopic (exact) mass is 404 g/mol. The molecule has 1 aliphatic heterocycles. The molecule has 154 valence electrons. The van der Waals surface area contributed by atoms with Crippen LogP contribution in [0.15, 0.2) is 34.6 Å². The molecule has 0 saturated heterocycles. The second-order valence-corrected chi connectivity index (χ2v) is 9.67. The summed E-state index contributed by atoms with van der Waals surface area (Å²) in [6.45, 7) is 11.1. The van der Waals surface area contributed by atoms with Gasteiger partial charge in [-0.25, -0.2) is 4.79 Å². The summed E-state index contributed by atoms with van der Waals surface area (Å²) in [5, 5.41) is 2.95. The number of likely N-dealkylation sites (N-methyl/N-ethyl adjacent to an activating group) is 1. The molecule has 5 nitrogen and oxygen atoms in total. The lowest BCUT2D eigenvalue weighted by molar-refractivity contribution is -0.123. The van der Waals surface area contributed by atoms with Crippen molar-refractivity contribution >= 4 is 23.8 Å². The van der Waals surface area contributed by atoms with Crippen LogP contribution < -0.4 is 5.32 Å². The van der Waals surface area contributed by atoms with Gasteiger partial charge in [0.2, 0.25) is 0 Å². The van der Waals surface area contributed by atoms with Gasteiger partial charge in [-0.2, -0.15) is 11.8 Å². The van der Waals surface area contributed by atoms with Crippen molar-refractivity contribution in [1.82, 2.24) is 10.2 Å². The van der Waals surface area contributed by atoms with Crippen molar-refractivity contribution in [2.75, 3.05) is 19.3 Å². The Morgan fingerprint density at radius 2 is 2.14 bits per heavy atom. The van der Waals surface area contributed by atoms with Crippen LogP contribution in [0.4, 0.5) is 4.79 Å². The zero-order chi connectivity index (χ0) is 20.6. The Morgan fingerprint density at radius 1 is 1.43 bits per heavy atom. The molecular formula is C22H32N2O3S. The van der Waals surface area contributed by atoms with Gasteiger partial charge in [-0.05, 0) is 42.7 Å². The van der Waals surface area contributed by atoms with Crippen LogP contribution in [0.3, 0.4) is 0 Å². The summed E-state index contributed by atoms with van der Waals surface area (Å²) in [6, 6.07) is 0. The van der Waals surface area contributed by atoms with E-state index in [2.05, 4.69) is 38.2 Å². The molecule has 0 aromatic carbocycles. The van der Waals surface area contributed by atoms with Gasteiger partial charge in [0.05, 0.1) is 5.25 Å². The lowest BCUT2D eigenvalue weighted by Gasteiger charge is -2.49. The van der Waals surface area contributed by atoms with Gasteiger partial charge >= 0.3 is 6.09 Å². The molecule has 28 heavy (non-hydrogen) atoms. The summed E-state index contributed by atoms with van der Waals surface area (Å²) in [5.41, 5.74) is 4.09. The van der Waals surface area contributed by atoms with Crippen molar-refractivity contribution in [3.63, 3.8) is 0 Å². The quantitative estimate of drug-likeness (QED) is 0.743. The lowest BCUT2D eigenvalue weighted by atomic mass is 9.60. The molecule has 0 bridgehead atoms. The number of thioether (sulfide) groups is 1. The van der Waals surface area contributed by atoms with Crippen LogP contribution >= 0.6 is 11.8 Å². The Bertz CT molecular complexity index is 770. The first kappa shape index (κ1) is 21.0. The van der Waals surface area contributed by atoms with E-state index in [1.165, 1.54) is 5.57 Å². The SMILES string of the molecule is CCCNC(=O)O[C@H]1[C@H](SCC)C=C2C=C3C(=C(C)C(=O)N3C)C[C@]2(C)[C@H]1C. The molecule has 0 fully saturated rings. The normalized spacial score (nSPS) is 31.9. The van der Waals surface area contributed by atoms with Gasteiger partial charge in [0, 0.05) is 36.2 Å². The molecule has 0 aromatic heterocycles. The maximum atomic E-state index is 12.5. The molecule has 2 aliphatic carbocycles. The molecule has 2 amide bonds. The average Bonchev–Trinajstić information content (AvgIpc) is 2.86. The number of fused-ring (bicyclic) bond motifs is 2. The van der Waals surface area contributed by atoms with E-state index in [-0.39, 0.29) is 34.7 Å². The van der Waals surface area contributed by atoms with Crippen LogP contribution in [-0.4, -0.2) is 47.6 Å². The van der Waals surface area contributed by atoms with Crippen LogP contribution in [0.5, 0.6) is 0 Å². The third-order valence-electron chi connectivity index (χ3n) is 6.53. The predicted molar refractivity (Wildman–Crippen MR) is 114 cm³/mol. The second-order valence-electron chi connectivity index (χ2n) is 8.22. The fraction of sp³-hybridized carbons (Fsp3) is 0.636. The molecule has 0 saturated carbocycles. The standard InChI is InChI=1S/C22H32N2O3S/c1-7-9-23-21(26)27-19-14(4)22(5)12-16-13(3)20(25)24(6)17(16)10-15(22)11-18(19)28-8-2/h10-11,14,18-19H,7-9,12H2,1-6H3,(H,23,26)/t14-,18+,19+,22+/m0/s1. The van der Waals surface area contributed by atoms with Crippen LogP contribution in [0.2, 0.25) is 0 Å². The zero-order valence-corrected chi connectivity index (χ0v) is 18.6. The Kier molecular flexibility index (Phi) is 5.99. The molecular weight excluding hydrogens is 372 g/mol. The van der Waals surface area contributed by atoms with Crippen LogP contribution in [0.25, 0.3) is 0 Å². The molecule has 0 radical (unpaired) electrons. The Balaban J connectivity index is 1.98. The summed E-state index contributed by atoms with van der Waals surface area (Å²) in [6.07, 6.45) is 5.60.